The summed E-state index contributed by atoms with van der Waals surface area (Å²) in [5.41, 5.74) is 7.34. The highest BCUT2D eigenvalue weighted by atomic mass is 16.4. The number of anilines is 3. The average Bonchev–Trinajstić information content (AvgIpc) is 3.28. The molecule has 5 aromatic carbocycles. The fourth-order valence-corrected chi connectivity index (χ4v) is 4.53. The van der Waals surface area contributed by atoms with Crippen LogP contribution in [-0.4, -0.2) is 17.2 Å². The second-order valence-electron chi connectivity index (χ2n) is 8.49. The van der Waals surface area contributed by atoms with Gasteiger partial charge in [-0.3, -0.25) is 0 Å². The number of benzene rings is 5. The molecule has 0 spiro atoms. The molecule has 2 N–H and O–H groups in total. The second-order valence-corrected chi connectivity index (χ2v) is 8.49. The molecule has 1 heterocycles. The average molecular weight is 455 g/mol. The Bertz CT molecular complexity index is 1610. The number of hydrogen-bond donors (Lipinski definition) is 2. The van der Waals surface area contributed by atoms with E-state index in [4.69, 9.17) is 4.42 Å². The smallest absolute Gasteiger partial charge is 0.456 e. The molecule has 35 heavy (non-hydrogen) atoms. The maximum atomic E-state index is 9.55. The summed E-state index contributed by atoms with van der Waals surface area (Å²) in [6.07, 6.45) is 0. The molecular formula is C30H22BNO3. The Labute approximate surface area is 203 Å². The van der Waals surface area contributed by atoms with Gasteiger partial charge in [-0.25, -0.2) is 0 Å². The Hall–Kier alpha value is -4.32. The molecule has 6 rings (SSSR count). The van der Waals surface area contributed by atoms with Crippen LogP contribution in [0, 0.1) is 0 Å². The van der Waals surface area contributed by atoms with Crippen molar-refractivity contribution in [2.45, 2.75) is 0 Å². The summed E-state index contributed by atoms with van der Waals surface area (Å²) in [5, 5.41) is 21.2. The highest BCUT2D eigenvalue weighted by molar-refractivity contribution is 6.58. The van der Waals surface area contributed by atoms with E-state index < -0.39 is 7.12 Å². The number of nitrogens with zero attached hydrogens (tertiary/aromatic N) is 1. The van der Waals surface area contributed by atoms with Crippen LogP contribution in [0.2, 0.25) is 0 Å². The van der Waals surface area contributed by atoms with E-state index in [1.54, 1.807) is 12.1 Å². The molecule has 5 heteroatoms. The summed E-state index contributed by atoms with van der Waals surface area (Å²) in [6.45, 7) is 0. The molecule has 4 nitrogen and oxygen atoms in total. The van der Waals surface area contributed by atoms with Gasteiger partial charge < -0.3 is 19.4 Å². The van der Waals surface area contributed by atoms with Gasteiger partial charge in [-0.1, -0.05) is 72.8 Å². The predicted octanol–water partition coefficient (Wildman–Crippen LogP) is 6.40. The highest BCUT2D eigenvalue weighted by Gasteiger charge is 2.17. The Morgan fingerprint density at radius 1 is 0.514 bits per heavy atom. The standard InChI is InChI=1S/C30H22BNO3/c33-31(34)23-12-16-25(17-13-23)32(24-14-10-22(11-15-24)21-6-2-1-3-7-21)26-18-19-30-28(20-26)27-8-4-5-9-29(27)35-30/h1-20,33-34H. The van der Waals surface area contributed by atoms with Crippen LogP contribution in [0.1, 0.15) is 0 Å². The minimum atomic E-state index is -1.50. The van der Waals surface area contributed by atoms with E-state index in [0.29, 0.717) is 5.46 Å². The van der Waals surface area contributed by atoms with E-state index in [-0.39, 0.29) is 0 Å². The van der Waals surface area contributed by atoms with Crippen LogP contribution in [-0.2, 0) is 0 Å². The van der Waals surface area contributed by atoms with Crippen LogP contribution >= 0.6 is 0 Å². The van der Waals surface area contributed by atoms with Crippen molar-refractivity contribution in [2.24, 2.45) is 0 Å². The van der Waals surface area contributed by atoms with Crippen molar-refractivity contribution < 1.29 is 14.5 Å². The molecule has 0 bridgehead atoms. The van der Waals surface area contributed by atoms with Crippen molar-refractivity contribution in [1.29, 1.82) is 0 Å². The fourth-order valence-electron chi connectivity index (χ4n) is 4.53. The van der Waals surface area contributed by atoms with E-state index >= 15 is 0 Å². The van der Waals surface area contributed by atoms with Gasteiger partial charge in [-0.2, -0.15) is 0 Å². The molecule has 0 aliphatic rings. The second kappa shape index (κ2) is 8.80. The van der Waals surface area contributed by atoms with Gasteiger partial charge >= 0.3 is 7.12 Å². The molecule has 0 unspecified atom stereocenters. The highest BCUT2D eigenvalue weighted by Crippen LogP contribution is 2.38. The summed E-state index contributed by atoms with van der Waals surface area (Å²) in [4.78, 5) is 2.16. The number of furan rings is 1. The quantitative estimate of drug-likeness (QED) is 0.295. The zero-order valence-corrected chi connectivity index (χ0v) is 18.9. The molecule has 0 amide bonds. The van der Waals surface area contributed by atoms with Crippen molar-refractivity contribution in [3.05, 3.63) is 121 Å². The first-order valence-corrected chi connectivity index (χ1v) is 11.5. The molecule has 0 radical (unpaired) electrons. The van der Waals surface area contributed by atoms with Gasteiger partial charge in [-0.05, 0) is 65.1 Å². The fraction of sp³-hybridized carbons (Fsp3) is 0. The third-order valence-corrected chi connectivity index (χ3v) is 6.30. The summed E-state index contributed by atoms with van der Waals surface area (Å²) >= 11 is 0. The maximum Gasteiger partial charge on any atom is 0.488 e. The summed E-state index contributed by atoms with van der Waals surface area (Å²) in [7, 11) is -1.50. The SMILES string of the molecule is OB(O)c1ccc(N(c2ccc(-c3ccccc3)cc2)c2ccc3oc4ccccc4c3c2)cc1. The van der Waals surface area contributed by atoms with Gasteiger partial charge in [0, 0.05) is 27.8 Å². The van der Waals surface area contributed by atoms with Gasteiger partial charge in [0.25, 0.3) is 0 Å². The lowest BCUT2D eigenvalue weighted by Crippen LogP contribution is -2.29. The van der Waals surface area contributed by atoms with Crippen LogP contribution in [0.5, 0.6) is 0 Å². The zero-order chi connectivity index (χ0) is 23.8. The number of rotatable bonds is 5. The largest absolute Gasteiger partial charge is 0.488 e. The Balaban J connectivity index is 1.49. The first kappa shape index (κ1) is 21.2. The van der Waals surface area contributed by atoms with Gasteiger partial charge in [-0.15, -0.1) is 0 Å². The van der Waals surface area contributed by atoms with Crippen molar-refractivity contribution >= 4 is 51.6 Å². The van der Waals surface area contributed by atoms with Crippen LogP contribution in [0.3, 0.4) is 0 Å². The zero-order valence-electron chi connectivity index (χ0n) is 18.9. The summed E-state index contributed by atoms with van der Waals surface area (Å²) < 4.78 is 6.03. The third kappa shape index (κ3) is 3.97. The predicted molar refractivity (Wildman–Crippen MR) is 144 cm³/mol. The Morgan fingerprint density at radius 3 is 1.80 bits per heavy atom. The monoisotopic (exact) mass is 455 g/mol. The molecule has 0 saturated carbocycles. The molecular weight excluding hydrogens is 433 g/mol. The topological polar surface area (TPSA) is 56.8 Å². The summed E-state index contributed by atoms with van der Waals surface area (Å²) in [6, 6.07) is 40.2. The Kier molecular flexibility index (Phi) is 5.34. The minimum Gasteiger partial charge on any atom is -0.456 e. The lowest BCUT2D eigenvalue weighted by molar-refractivity contribution is 0.426. The van der Waals surface area contributed by atoms with E-state index in [0.717, 1.165) is 50.1 Å². The molecule has 6 aromatic rings. The van der Waals surface area contributed by atoms with Gasteiger partial charge in [0.2, 0.25) is 0 Å². The first-order chi connectivity index (χ1) is 17.2. The first-order valence-electron chi connectivity index (χ1n) is 11.5. The summed E-state index contributed by atoms with van der Waals surface area (Å²) in [5.74, 6) is 0. The molecule has 0 aliphatic heterocycles. The van der Waals surface area contributed by atoms with E-state index in [2.05, 4.69) is 53.4 Å². The van der Waals surface area contributed by atoms with Gasteiger partial charge in [0.05, 0.1) is 0 Å². The minimum absolute atomic E-state index is 0.449. The molecule has 0 aliphatic carbocycles. The molecule has 1 aromatic heterocycles. The van der Waals surface area contributed by atoms with Crippen molar-refractivity contribution in [3.63, 3.8) is 0 Å². The van der Waals surface area contributed by atoms with Crippen LogP contribution in [0.15, 0.2) is 126 Å². The molecule has 0 atom stereocenters. The number of fused-ring (bicyclic) bond motifs is 3. The van der Waals surface area contributed by atoms with Crippen molar-refractivity contribution in [3.8, 4) is 11.1 Å². The van der Waals surface area contributed by atoms with Crippen LogP contribution < -0.4 is 10.4 Å². The molecule has 0 fully saturated rings. The number of hydrogen-bond acceptors (Lipinski definition) is 4. The van der Waals surface area contributed by atoms with Gasteiger partial charge in [0.15, 0.2) is 0 Å². The van der Waals surface area contributed by atoms with Crippen molar-refractivity contribution in [1.82, 2.24) is 0 Å². The number of para-hydroxylation sites is 1. The van der Waals surface area contributed by atoms with E-state index in [9.17, 15) is 10.0 Å². The van der Waals surface area contributed by atoms with Crippen LogP contribution in [0.4, 0.5) is 17.1 Å². The molecule has 0 saturated heterocycles. The van der Waals surface area contributed by atoms with Gasteiger partial charge in [0.1, 0.15) is 11.2 Å². The van der Waals surface area contributed by atoms with Crippen LogP contribution in [0.25, 0.3) is 33.1 Å². The van der Waals surface area contributed by atoms with E-state index in [1.165, 1.54) is 0 Å². The van der Waals surface area contributed by atoms with Crippen molar-refractivity contribution in [2.75, 3.05) is 4.90 Å². The lowest BCUT2D eigenvalue weighted by Gasteiger charge is -2.26. The maximum absolute atomic E-state index is 9.55. The third-order valence-electron chi connectivity index (χ3n) is 6.30. The molecule has 168 valence electrons. The Morgan fingerprint density at radius 2 is 1.09 bits per heavy atom. The lowest BCUT2D eigenvalue weighted by atomic mass is 9.80. The normalized spacial score (nSPS) is 11.1. The van der Waals surface area contributed by atoms with E-state index in [1.807, 2.05) is 60.7 Å².